The van der Waals surface area contributed by atoms with Gasteiger partial charge in [-0.15, -0.1) is 4.40 Å². The number of thiol groups is 1. The van der Waals surface area contributed by atoms with Crippen molar-refractivity contribution < 1.29 is 22.9 Å². The highest BCUT2D eigenvalue weighted by molar-refractivity contribution is 7.88. The van der Waals surface area contributed by atoms with E-state index in [1.165, 1.54) is 36.2 Å². The van der Waals surface area contributed by atoms with Gasteiger partial charge >= 0.3 is 16.3 Å². The molecular weight excluding hydrogens is 410 g/mol. The van der Waals surface area contributed by atoms with Gasteiger partial charge in [0.05, 0.1) is 4.92 Å². The molecule has 0 spiro atoms. The summed E-state index contributed by atoms with van der Waals surface area (Å²) >= 11 is 4.38. The molecule has 1 fully saturated rings. The normalized spacial score (nSPS) is 20.2. The molecule has 1 amide bonds. The van der Waals surface area contributed by atoms with Gasteiger partial charge in [0.2, 0.25) is 0 Å². The monoisotopic (exact) mass is 431 g/mol. The van der Waals surface area contributed by atoms with Crippen LogP contribution >= 0.6 is 12.6 Å². The summed E-state index contributed by atoms with van der Waals surface area (Å²) in [6.07, 6.45) is -0.0416. The second-order valence-electron chi connectivity index (χ2n) is 6.14. The van der Waals surface area contributed by atoms with Crippen LogP contribution in [-0.2, 0) is 21.6 Å². The quantitative estimate of drug-likeness (QED) is 0.189. The topological polar surface area (TPSA) is 157 Å². The lowest BCUT2D eigenvalue weighted by Gasteiger charge is -2.23. The molecule has 1 aliphatic rings. The standard InChI is InChI=1S/C15H21N5O6S2/c1-17-28(24,25)18-14(16)7-12-6-13(27)8-19(12)15(21)26-9-10-2-4-11(5-3-10)20(22)23/h2-5,12-13,17,27H,6-9H2,1H3,(H2,16,18)/t12-,13-/m0/s1. The summed E-state index contributed by atoms with van der Waals surface area (Å²) in [4.78, 5) is 24.0. The van der Waals surface area contributed by atoms with Crippen molar-refractivity contribution in [3.63, 3.8) is 0 Å². The van der Waals surface area contributed by atoms with Crippen LogP contribution in [0, 0.1) is 10.1 Å². The van der Waals surface area contributed by atoms with Crippen molar-refractivity contribution in [2.45, 2.75) is 30.7 Å². The molecule has 0 saturated carbocycles. The molecule has 1 aliphatic heterocycles. The maximum Gasteiger partial charge on any atom is 0.410 e. The molecule has 28 heavy (non-hydrogen) atoms. The Morgan fingerprint density at radius 1 is 1.46 bits per heavy atom. The van der Waals surface area contributed by atoms with Gasteiger partial charge in [-0.25, -0.2) is 4.79 Å². The Balaban J connectivity index is 1.99. The van der Waals surface area contributed by atoms with E-state index in [4.69, 9.17) is 10.5 Å². The number of nitro groups is 1. The first kappa shape index (κ1) is 21.9. The number of nitrogens with zero attached hydrogens (tertiary/aromatic N) is 3. The van der Waals surface area contributed by atoms with Crippen LogP contribution in [0.2, 0.25) is 0 Å². The van der Waals surface area contributed by atoms with Crippen LogP contribution in [0.15, 0.2) is 28.7 Å². The predicted octanol–water partition coefficient (Wildman–Crippen LogP) is 0.816. The zero-order chi connectivity index (χ0) is 20.9. The minimum Gasteiger partial charge on any atom is -0.445 e. The van der Waals surface area contributed by atoms with Gasteiger partial charge in [-0.05, 0) is 24.1 Å². The number of hydrogen-bond donors (Lipinski definition) is 3. The number of amides is 1. The predicted molar refractivity (Wildman–Crippen MR) is 105 cm³/mol. The Bertz CT molecular complexity index is 858. The van der Waals surface area contributed by atoms with Crippen molar-refractivity contribution in [1.82, 2.24) is 9.62 Å². The Morgan fingerprint density at radius 2 is 2.11 bits per heavy atom. The van der Waals surface area contributed by atoms with Crippen molar-refractivity contribution >= 4 is 40.5 Å². The molecule has 0 aliphatic carbocycles. The van der Waals surface area contributed by atoms with E-state index >= 15 is 0 Å². The first-order chi connectivity index (χ1) is 13.1. The van der Waals surface area contributed by atoms with Crippen molar-refractivity contribution in [1.29, 1.82) is 0 Å². The summed E-state index contributed by atoms with van der Waals surface area (Å²) in [6, 6.07) is 5.25. The van der Waals surface area contributed by atoms with Gasteiger partial charge in [0, 0.05) is 43.4 Å². The molecule has 0 unspecified atom stereocenters. The molecule has 0 aromatic heterocycles. The summed E-state index contributed by atoms with van der Waals surface area (Å²) in [7, 11) is -2.64. The largest absolute Gasteiger partial charge is 0.445 e. The maximum atomic E-state index is 12.4. The Labute approximate surface area is 167 Å². The molecule has 154 valence electrons. The van der Waals surface area contributed by atoms with E-state index in [2.05, 4.69) is 17.0 Å². The van der Waals surface area contributed by atoms with Gasteiger partial charge in [0.15, 0.2) is 0 Å². The number of carbonyl (C=O) groups excluding carboxylic acids is 1. The number of non-ortho nitro benzene ring substituents is 1. The molecule has 11 nitrogen and oxygen atoms in total. The molecule has 2 rings (SSSR count). The SMILES string of the molecule is CNS(=O)(=O)/N=C(\N)C[C@@H]1C[C@H](S)CN1C(=O)OCc1ccc([N+](=O)[O-])cc1. The highest BCUT2D eigenvalue weighted by atomic mass is 32.2. The van der Waals surface area contributed by atoms with E-state index in [1.807, 2.05) is 4.72 Å². The van der Waals surface area contributed by atoms with E-state index in [-0.39, 0.29) is 29.8 Å². The van der Waals surface area contributed by atoms with Crippen molar-refractivity contribution in [2.75, 3.05) is 13.6 Å². The Hall–Kier alpha value is -2.38. The summed E-state index contributed by atoms with van der Waals surface area (Å²) in [5.74, 6) is -0.130. The van der Waals surface area contributed by atoms with E-state index in [0.717, 1.165) is 0 Å². The molecule has 1 aromatic carbocycles. The lowest BCUT2D eigenvalue weighted by atomic mass is 10.1. The van der Waals surface area contributed by atoms with Gasteiger partial charge in [-0.2, -0.15) is 25.8 Å². The number of benzene rings is 1. The third-order valence-electron chi connectivity index (χ3n) is 4.08. The number of amidine groups is 1. The number of nitro benzene ring substituents is 1. The average molecular weight is 431 g/mol. The molecule has 13 heteroatoms. The minimum absolute atomic E-state index is 0.0566. The van der Waals surface area contributed by atoms with Crippen LogP contribution in [0.1, 0.15) is 18.4 Å². The molecule has 3 N–H and O–H groups in total. The summed E-state index contributed by atoms with van der Waals surface area (Å²) in [5, 5.41) is 10.6. The van der Waals surface area contributed by atoms with Gasteiger partial charge in [-0.1, -0.05) is 0 Å². The second kappa shape index (κ2) is 9.21. The van der Waals surface area contributed by atoms with Gasteiger partial charge < -0.3 is 15.4 Å². The summed E-state index contributed by atoms with van der Waals surface area (Å²) in [6.45, 7) is 0.258. The number of nitrogens with two attached hydrogens (primary N) is 1. The maximum absolute atomic E-state index is 12.4. The van der Waals surface area contributed by atoms with Crippen LogP contribution in [0.25, 0.3) is 0 Å². The summed E-state index contributed by atoms with van der Waals surface area (Å²) in [5.41, 5.74) is 6.24. The van der Waals surface area contributed by atoms with Crippen molar-refractivity contribution in [3.8, 4) is 0 Å². The number of carbonyl (C=O) groups is 1. The zero-order valence-electron chi connectivity index (χ0n) is 15.0. The number of likely N-dealkylation sites (tertiary alicyclic amines) is 1. The summed E-state index contributed by atoms with van der Waals surface area (Å²) < 4.78 is 33.6. The van der Waals surface area contributed by atoms with Gasteiger partial charge in [0.1, 0.15) is 12.4 Å². The van der Waals surface area contributed by atoms with E-state index in [9.17, 15) is 23.3 Å². The van der Waals surface area contributed by atoms with Gasteiger partial charge in [-0.3, -0.25) is 10.1 Å². The first-order valence-electron chi connectivity index (χ1n) is 8.24. The van der Waals surface area contributed by atoms with Crippen molar-refractivity contribution in [3.05, 3.63) is 39.9 Å². The third-order valence-corrected chi connectivity index (χ3v) is 5.44. The number of rotatable bonds is 7. The van der Waals surface area contributed by atoms with Crippen LogP contribution in [0.3, 0.4) is 0 Å². The second-order valence-corrected chi connectivity index (χ2v) is 8.41. The molecule has 1 heterocycles. The number of nitrogens with one attached hydrogen (secondary N) is 1. The Kier molecular flexibility index (Phi) is 7.21. The lowest BCUT2D eigenvalue weighted by Crippen LogP contribution is -2.39. The van der Waals surface area contributed by atoms with E-state index in [0.29, 0.717) is 18.5 Å². The average Bonchev–Trinajstić information content (AvgIpc) is 2.99. The van der Waals surface area contributed by atoms with Crippen LogP contribution in [0.4, 0.5) is 10.5 Å². The van der Waals surface area contributed by atoms with E-state index in [1.54, 1.807) is 0 Å². The highest BCUT2D eigenvalue weighted by Gasteiger charge is 2.35. The molecular formula is C15H21N5O6S2. The fourth-order valence-electron chi connectivity index (χ4n) is 2.73. The molecule has 0 radical (unpaired) electrons. The highest BCUT2D eigenvalue weighted by Crippen LogP contribution is 2.25. The number of ether oxygens (including phenoxy) is 1. The smallest absolute Gasteiger partial charge is 0.410 e. The molecule has 1 aromatic rings. The van der Waals surface area contributed by atoms with Crippen LogP contribution in [-0.4, -0.2) is 55.1 Å². The fraction of sp³-hybridized carbons (Fsp3) is 0.467. The van der Waals surface area contributed by atoms with Crippen LogP contribution < -0.4 is 10.5 Å². The molecule has 2 atom stereocenters. The molecule has 0 bridgehead atoms. The fourth-order valence-corrected chi connectivity index (χ4v) is 3.62. The Morgan fingerprint density at radius 3 is 2.68 bits per heavy atom. The lowest BCUT2D eigenvalue weighted by molar-refractivity contribution is -0.384. The van der Waals surface area contributed by atoms with Crippen molar-refractivity contribution in [2.24, 2.45) is 10.1 Å². The first-order valence-corrected chi connectivity index (χ1v) is 10.2. The zero-order valence-corrected chi connectivity index (χ0v) is 16.7. The van der Waals surface area contributed by atoms with Gasteiger partial charge in [0.25, 0.3) is 5.69 Å². The van der Waals surface area contributed by atoms with E-state index < -0.39 is 27.3 Å². The van der Waals surface area contributed by atoms with Crippen LogP contribution in [0.5, 0.6) is 0 Å². The third kappa shape index (κ3) is 6.07. The number of hydrogen-bond acceptors (Lipinski definition) is 7. The molecule has 1 saturated heterocycles. The minimum atomic E-state index is -3.86.